The lowest BCUT2D eigenvalue weighted by Crippen LogP contribution is -2.20. The molecule has 1 unspecified atom stereocenters. The van der Waals surface area contributed by atoms with Crippen molar-refractivity contribution in [2.45, 2.75) is 12.5 Å². The molecular formula is C16H14ClNO3. The lowest BCUT2D eigenvalue weighted by Gasteiger charge is -2.17. The Balaban J connectivity index is 1.92. The summed E-state index contributed by atoms with van der Waals surface area (Å²) < 4.78 is 5.44. The van der Waals surface area contributed by atoms with E-state index >= 15 is 0 Å². The number of nitrogens with one attached hydrogen (secondary N) is 1. The molecule has 4 nitrogen and oxygen atoms in total. The van der Waals surface area contributed by atoms with Crippen LogP contribution >= 0.6 is 11.6 Å². The summed E-state index contributed by atoms with van der Waals surface area (Å²) in [5.74, 6) is -0.116. The van der Waals surface area contributed by atoms with Gasteiger partial charge in [0.05, 0.1) is 17.3 Å². The second-order valence-corrected chi connectivity index (χ2v) is 5.27. The molecule has 0 aliphatic carbocycles. The number of carboxylic acid groups (broad SMARTS) is 1. The van der Waals surface area contributed by atoms with Crippen LogP contribution < -0.4 is 10.1 Å². The van der Waals surface area contributed by atoms with E-state index in [1.54, 1.807) is 24.3 Å². The highest BCUT2D eigenvalue weighted by molar-refractivity contribution is 6.33. The maximum Gasteiger partial charge on any atom is 0.330 e. The largest absolute Gasteiger partial charge is 0.493 e. The summed E-state index contributed by atoms with van der Waals surface area (Å²) in [6.07, 6.45) is 0.807. The van der Waals surface area contributed by atoms with E-state index in [2.05, 4.69) is 5.32 Å². The van der Waals surface area contributed by atoms with Gasteiger partial charge < -0.3 is 15.2 Å². The molecule has 3 rings (SSSR count). The van der Waals surface area contributed by atoms with Gasteiger partial charge in [-0.15, -0.1) is 0 Å². The quantitative estimate of drug-likeness (QED) is 0.907. The van der Waals surface area contributed by atoms with Crippen LogP contribution in [0.25, 0.3) is 0 Å². The lowest BCUT2D eigenvalue weighted by molar-refractivity contribution is -0.138. The Labute approximate surface area is 127 Å². The molecule has 0 saturated carbocycles. The number of carbonyl (C=O) groups is 1. The fraction of sp³-hybridized carbons (Fsp3) is 0.188. The molecule has 0 radical (unpaired) electrons. The molecule has 2 aromatic carbocycles. The Kier molecular flexibility index (Phi) is 3.71. The predicted octanol–water partition coefficient (Wildman–Crippen LogP) is 3.51. The highest BCUT2D eigenvalue weighted by atomic mass is 35.5. The first kappa shape index (κ1) is 13.8. The fourth-order valence-electron chi connectivity index (χ4n) is 2.41. The van der Waals surface area contributed by atoms with Crippen LogP contribution in [-0.2, 0) is 11.2 Å². The summed E-state index contributed by atoms with van der Waals surface area (Å²) in [5, 5.41) is 13.0. The molecule has 0 amide bonds. The van der Waals surface area contributed by atoms with E-state index in [0.29, 0.717) is 22.9 Å². The van der Waals surface area contributed by atoms with Gasteiger partial charge in [-0.2, -0.15) is 0 Å². The number of para-hydroxylation sites is 1. The zero-order valence-corrected chi connectivity index (χ0v) is 11.9. The van der Waals surface area contributed by atoms with Crippen molar-refractivity contribution in [3.05, 3.63) is 58.6 Å². The first-order valence-corrected chi connectivity index (χ1v) is 7.02. The average molecular weight is 304 g/mol. The van der Waals surface area contributed by atoms with Gasteiger partial charge in [0.2, 0.25) is 0 Å². The number of rotatable bonds is 4. The van der Waals surface area contributed by atoms with Gasteiger partial charge in [0.15, 0.2) is 6.04 Å². The van der Waals surface area contributed by atoms with Crippen LogP contribution in [0.4, 0.5) is 5.69 Å². The van der Waals surface area contributed by atoms with Crippen molar-refractivity contribution in [1.82, 2.24) is 0 Å². The molecule has 1 heterocycles. The van der Waals surface area contributed by atoms with E-state index in [-0.39, 0.29) is 0 Å². The number of ether oxygens (including phenoxy) is 1. The summed E-state index contributed by atoms with van der Waals surface area (Å²) in [7, 11) is 0. The number of hydrogen-bond donors (Lipinski definition) is 2. The molecule has 0 fully saturated rings. The van der Waals surface area contributed by atoms with Gasteiger partial charge >= 0.3 is 5.97 Å². The van der Waals surface area contributed by atoms with Gasteiger partial charge in [-0.25, -0.2) is 4.79 Å². The third-order valence-electron chi connectivity index (χ3n) is 3.47. The van der Waals surface area contributed by atoms with Crippen LogP contribution in [0.5, 0.6) is 5.75 Å². The van der Waals surface area contributed by atoms with Crippen LogP contribution in [0.15, 0.2) is 42.5 Å². The third kappa shape index (κ3) is 2.81. The SMILES string of the molecule is O=C(O)C(Nc1ccccc1Cl)c1ccc2c(c1)CCO2. The Bertz CT molecular complexity index is 687. The van der Waals surface area contributed by atoms with Gasteiger partial charge in [-0.05, 0) is 35.4 Å². The number of halogens is 1. The maximum absolute atomic E-state index is 11.6. The molecule has 0 spiro atoms. The molecule has 1 aliphatic rings. The number of anilines is 1. The fourth-order valence-corrected chi connectivity index (χ4v) is 2.60. The molecule has 0 saturated heterocycles. The highest BCUT2D eigenvalue weighted by Gasteiger charge is 2.23. The molecule has 2 N–H and O–H groups in total. The zero-order chi connectivity index (χ0) is 14.8. The van der Waals surface area contributed by atoms with Gasteiger partial charge in [-0.1, -0.05) is 29.8 Å². The van der Waals surface area contributed by atoms with E-state index in [4.69, 9.17) is 16.3 Å². The number of hydrogen-bond acceptors (Lipinski definition) is 3. The smallest absolute Gasteiger partial charge is 0.330 e. The van der Waals surface area contributed by atoms with Gasteiger partial charge in [0.1, 0.15) is 5.75 Å². The van der Waals surface area contributed by atoms with E-state index in [9.17, 15) is 9.90 Å². The first-order valence-electron chi connectivity index (χ1n) is 6.64. The molecule has 5 heteroatoms. The van der Waals surface area contributed by atoms with E-state index in [0.717, 1.165) is 17.7 Å². The summed E-state index contributed by atoms with van der Waals surface area (Å²) in [5.41, 5.74) is 2.33. The highest BCUT2D eigenvalue weighted by Crippen LogP contribution is 2.31. The topological polar surface area (TPSA) is 58.6 Å². The van der Waals surface area contributed by atoms with E-state index in [1.807, 2.05) is 18.2 Å². The van der Waals surface area contributed by atoms with Gasteiger partial charge in [-0.3, -0.25) is 0 Å². The first-order chi connectivity index (χ1) is 10.1. The van der Waals surface area contributed by atoms with Crippen molar-refractivity contribution in [2.24, 2.45) is 0 Å². The Morgan fingerprint density at radius 2 is 2.10 bits per heavy atom. The summed E-state index contributed by atoms with van der Waals surface area (Å²) in [6.45, 7) is 0.647. The number of aliphatic carboxylic acids is 1. The normalized spacial score (nSPS) is 14.1. The minimum Gasteiger partial charge on any atom is -0.493 e. The Morgan fingerprint density at radius 3 is 2.86 bits per heavy atom. The average Bonchev–Trinajstić information content (AvgIpc) is 2.93. The monoisotopic (exact) mass is 303 g/mol. The Hall–Kier alpha value is -2.20. The van der Waals surface area contributed by atoms with Crippen molar-refractivity contribution >= 4 is 23.3 Å². The molecule has 2 aromatic rings. The molecule has 0 aromatic heterocycles. The van der Waals surface area contributed by atoms with Crippen molar-refractivity contribution < 1.29 is 14.6 Å². The molecule has 0 bridgehead atoms. The second kappa shape index (κ2) is 5.66. The van der Waals surface area contributed by atoms with Crippen LogP contribution in [0.2, 0.25) is 5.02 Å². The number of benzene rings is 2. The lowest BCUT2D eigenvalue weighted by atomic mass is 10.0. The van der Waals surface area contributed by atoms with Crippen molar-refractivity contribution in [1.29, 1.82) is 0 Å². The minimum absolute atomic E-state index is 0.494. The zero-order valence-electron chi connectivity index (χ0n) is 11.2. The third-order valence-corrected chi connectivity index (χ3v) is 3.80. The van der Waals surface area contributed by atoms with Crippen LogP contribution in [0.1, 0.15) is 17.2 Å². The maximum atomic E-state index is 11.6. The molecule has 1 aliphatic heterocycles. The van der Waals surface area contributed by atoms with Gasteiger partial charge in [0, 0.05) is 6.42 Å². The number of carboxylic acids is 1. The van der Waals surface area contributed by atoms with Gasteiger partial charge in [0.25, 0.3) is 0 Å². The van der Waals surface area contributed by atoms with E-state index in [1.165, 1.54) is 0 Å². The van der Waals surface area contributed by atoms with E-state index < -0.39 is 12.0 Å². The molecule has 108 valence electrons. The molecular weight excluding hydrogens is 290 g/mol. The van der Waals surface area contributed by atoms with Crippen molar-refractivity contribution in [2.75, 3.05) is 11.9 Å². The van der Waals surface area contributed by atoms with Crippen molar-refractivity contribution in [3.63, 3.8) is 0 Å². The summed E-state index contributed by atoms with van der Waals surface area (Å²) in [6, 6.07) is 11.7. The summed E-state index contributed by atoms with van der Waals surface area (Å²) >= 11 is 6.08. The number of fused-ring (bicyclic) bond motifs is 1. The second-order valence-electron chi connectivity index (χ2n) is 4.86. The van der Waals surface area contributed by atoms with Crippen LogP contribution in [0, 0.1) is 0 Å². The minimum atomic E-state index is -0.950. The molecule has 21 heavy (non-hydrogen) atoms. The summed E-state index contributed by atoms with van der Waals surface area (Å²) in [4.78, 5) is 11.6. The molecule has 1 atom stereocenters. The predicted molar refractivity (Wildman–Crippen MR) is 81.1 cm³/mol. The standard InChI is InChI=1S/C16H14ClNO3/c17-12-3-1-2-4-13(12)18-15(16(19)20)11-5-6-14-10(9-11)7-8-21-14/h1-6,9,15,18H,7-8H2,(H,19,20). The van der Waals surface area contributed by atoms with Crippen LogP contribution in [0.3, 0.4) is 0 Å². The van der Waals surface area contributed by atoms with Crippen LogP contribution in [-0.4, -0.2) is 17.7 Å². The van der Waals surface area contributed by atoms with Crippen molar-refractivity contribution in [3.8, 4) is 5.75 Å². The Morgan fingerprint density at radius 1 is 1.29 bits per heavy atom.